The lowest BCUT2D eigenvalue weighted by Crippen LogP contribution is -2.34. The molecule has 110 valence electrons. The second-order valence-electron chi connectivity index (χ2n) is 4.94. The van der Waals surface area contributed by atoms with E-state index in [1.54, 1.807) is 23.5 Å². The van der Waals surface area contributed by atoms with Crippen molar-refractivity contribution in [1.82, 2.24) is 5.32 Å². The number of carbonyl (C=O) groups excluding carboxylic acids is 1. The fraction of sp³-hybridized carbons (Fsp3) is 0.250. The van der Waals surface area contributed by atoms with Crippen LogP contribution in [-0.2, 0) is 6.42 Å². The zero-order chi connectivity index (χ0) is 15.4. The van der Waals surface area contributed by atoms with Gasteiger partial charge in [-0.1, -0.05) is 12.1 Å². The number of carboxylic acids is 1. The SMILES string of the molecule is Cc1ccc(CC(C)NC(=O)c2ccccc2C(=O)O)s1. The Kier molecular flexibility index (Phi) is 4.75. The van der Waals surface area contributed by atoms with Crippen molar-refractivity contribution in [2.24, 2.45) is 0 Å². The van der Waals surface area contributed by atoms with Gasteiger partial charge in [-0.3, -0.25) is 4.79 Å². The predicted octanol–water partition coefficient (Wildman–Crippen LogP) is 3.12. The number of carboxylic acid groups (broad SMARTS) is 1. The zero-order valence-corrected chi connectivity index (χ0v) is 12.7. The summed E-state index contributed by atoms with van der Waals surface area (Å²) in [6.45, 7) is 3.96. The smallest absolute Gasteiger partial charge is 0.336 e. The van der Waals surface area contributed by atoms with Gasteiger partial charge in [-0.05, 0) is 38.1 Å². The van der Waals surface area contributed by atoms with Gasteiger partial charge in [0.2, 0.25) is 0 Å². The van der Waals surface area contributed by atoms with Crippen molar-refractivity contribution >= 4 is 23.2 Å². The lowest BCUT2D eigenvalue weighted by atomic mass is 10.1. The fourth-order valence-electron chi connectivity index (χ4n) is 2.12. The molecule has 1 aromatic heterocycles. The van der Waals surface area contributed by atoms with Crippen LogP contribution in [0.25, 0.3) is 0 Å². The van der Waals surface area contributed by atoms with E-state index in [-0.39, 0.29) is 23.1 Å². The van der Waals surface area contributed by atoms with Crippen LogP contribution in [0.3, 0.4) is 0 Å². The highest BCUT2D eigenvalue weighted by Gasteiger charge is 2.17. The third-order valence-electron chi connectivity index (χ3n) is 3.08. The van der Waals surface area contributed by atoms with E-state index in [2.05, 4.69) is 5.32 Å². The number of thiophene rings is 1. The van der Waals surface area contributed by atoms with Crippen LogP contribution in [0.15, 0.2) is 36.4 Å². The molecule has 1 heterocycles. The summed E-state index contributed by atoms with van der Waals surface area (Å²) < 4.78 is 0. The Hall–Kier alpha value is -2.14. The van der Waals surface area contributed by atoms with Crippen LogP contribution < -0.4 is 5.32 Å². The Balaban J connectivity index is 2.06. The van der Waals surface area contributed by atoms with Crippen LogP contribution in [0.2, 0.25) is 0 Å². The molecule has 0 bridgehead atoms. The van der Waals surface area contributed by atoms with Crippen LogP contribution in [0.5, 0.6) is 0 Å². The number of aromatic carboxylic acids is 1. The summed E-state index contributed by atoms with van der Waals surface area (Å²) in [5.74, 6) is -1.45. The number of amides is 1. The van der Waals surface area contributed by atoms with E-state index in [0.717, 1.165) is 6.42 Å². The highest BCUT2D eigenvalue weighted by molar-refractivity contribution is 7.11. The van der Waals surface area contributed by atoms with Crippen molar-refractivity contribution in [3.05, 3.63) is 57.3 Å². The number of hydrogen-bond donors (Lipinski definition) is 2. The first-order valence-electron chi connectivity index (χ1n) is 6.66. The number of rotatable bonds is 5. The molecule has 21 heavy (non-hydrogen) atoms. The van der Waals surface area contributed by atoms with E-state index in [0.29, 0.717) is 0 Å². The number of benzene rings is 1. The average molecular weight is 303 g/mol. The summed E-state index contributed by atoms with van der Waals surface area (Å²) in [6.07, 6.45) is 0.736. The maximum absolute atomic E-state index is 12.2. The minimum atomic E-state index is -1.10. The Labute approximate surface area is 127 Å². The number of hydrogen-bond acceptors (Lipinski definition) is 3. The van der Waals surface area contributed by atoms with Crippen molar-refractivity contribution in [3.8, 4) is 0 Å². The molecule has 2 rings (SSSR count). The quantitative estimate of drug-likeness (QED) is 0.892. The van der Waals surface area contributed by atoms with Gasteiger partial charge in [0.15, 0.2) is 0 Å². The second-order valence-corrected chi connectivity index (χ2v) is 6.31. The second kappa shape index (κ2) is 6.54. The molecular formula is C16H17NO3S. The van der Waals surface area contributed by atoms with Gasteiger partial charge in [-0.15, -0.1) is 11.3 Å². The molecule has 4 nitrogen and oxygen atoms in total. The third kappa shape index (κ3) is 3.92. The molecule has 1 amide bonds. The number of carbonyl (C=O) groups is 2. The van der Waals surface area contributed by atoms with Gasteiger partial charge in [0, 0.05) is 22.2 Å². The lowest BCUT2D eigenvalue weighted by Gasteiger charge is -2.14. The highest BCUT2D eigenvalue weighted by atomic mass is 32.1. The Morgan fingerprint density at radius 3 is 2.43 bits per heavy atom. The standard InChI is InChI=1S/C16H17NO3S/c1-10(9-12-8-7-11(2)21-12)17-15(18)13-5-3-4-6-14(13)16(19)20/h3-8,10H,9H2,1-2H3,(H,17,18)(H,19,20). The summed E-state index contributed by atoms with van der Waals surface area (Å²) in [4.78, 5) is 25.8. The third-order valence-corrected chi connectivity index (χ3v) is 4.11. The Morgan fingerprint density at radius 2 is 1.86 bits per heavy atom. The highest BCUT2D eigenvalue weighted by Crippen LogP contribution is 2.17. The van der Waals surface area contributed by atoms with E-state index in [1.807, 2.05) is 26.0 Å². The van der Waals surface area contributed by atoms with Crippen LogP contribution in [0.1, 0.15) is 37.4 Å². The largest absolute Gasteiger partial charge is 0.478 e. The first-order valence-corrected chi connectivity index (χ1v) is 7.47. The maximum atomic E-state index is 12.2. The molecule has 0 aliphatic heterocycles. The van der Waals surface area contributed by atoms with Crippen LogP contribution in [-0.4, -0.2) is 23.0 Å². The van der Waals surface area contributed by atoms with E-state index >= 15 is 0 Å². The monoisotopic (exact) mass is 303 g/mol. The summed E-state index contributed by atoms with van der Waals surface area (Å²) >= 11 is 1.70. The first kappa shape index (κ1) is 15.3. The molecule has 0 saturated heterocycles. The number of aryl methyl sites for hydroxylation is 1. The van der Waals surface area contributed by atoms with Crippen LogP contribution in [0, 0.1) is 6.92 Å². The molecule has 0 aliphatic rings. The summed E-state index contributed by atoms with van der Waals surface area (Å²) in [6, 6.07) is 10.3. The van der Waals surface area contributed by atoms with Crippen molar-refractivity contribution < 1.29 is 14.7 Å². The topological polar surface area (TPSA) is 66.4 Å². The lowest BCUT2D eigenvalue weighted by molar-refractivity contribution is 0.0690. The first-order chi connectivity index (χ1) is 9.97. The normalized spacial score (nSPS) is 11.9. The molecule has 0 aliphatic carbocycles. The molecule has 5 heteroatoms. The van der Waals surface area contributed by atoms with Gasteiger partial charge in [0.25, 0.3) is 5.91 Å². The van der Waals surface area contributed by atoms with E-state index < -0.39 is 5.97 Å². The minimum absolute atomic E-state index is 0.0224. The van der Waals surface area contributed by atoms with Gasteiger partial charge in [-0.25, -0.2) is 4.79 Å². The van der Waals surface area contributed by atoms with E-state index in [1.165, 1.54) is 21.9 Å². The Morgan fingerprint density at radius 1 is 1.19 bits per heavy atom. The minimum Gasteiger partial charge on any atom is -0.478 e. The van der Waals surface area contributed by atoms with Crippen LogP contribution in [0.4, 0.5) is 0 Å². The molecule has 0 saturated carbocycles. The molecule has 2 aromatic rings. The van der Waals surface area contributed by atoms with Crippen molar-refractivity contribution in [1.29, 1.82) is 0 Å². The molecule has 2 N–H and O–H groups in total. The zero-order valence-electron chi connectivity index (χ0n) is 11.9. The molecule has 0 spiro atoms. The van der Waals surface area contributed by atoms with Gasteiger partial charge in [0.1, 0.15) is 0 Å². The van der Waals surface area contributed by atoms with Gasteiger partial charge >= 0.3 is 5.97 Å². The summed E-state index contributed by atoms with van der Waals surface area (Å²) in [5, 5.41) is 12.0. The predicted molar refractivity (Wildman–Crippen MR) is 83.1 cm³/mol. The summed E-state index contributed by atoms with van der Waals surface area (Å²) in [7, 11) is 0. The molecule has 1 atom stereocenters. The van der Waals surface area contributed by atoms with Gasteiger partial charge in [-0.2, -0.15) is 0 Å². The van der Waals surface area contributed by atoms with Crippen LogP contribution >= 0.6 is 11.3 Å². The summed E-state index contributed by atoms with van der Waals surface area (Å²) in [5.41, 5.74) is 0.216. The van der Waals surface area contributed by atoms with Crippen molar-refractivity contribution in [2.45, 2.75) is 26.3 Å². The van der Waals surface area contributed by atoms with E-state index in [9.17, 15) is 9.59 Å². The van der Waals surface area contributed by atoms with Crippen molar-refractivity contribution in [2.75, 3.05) is 0 Å². The molecule has 1 unspecified atom stereocenters. The van der Waals surface area contributed by atoms with Crippen molar-refractivity contribution in [3.63, 3.8) is 0 Å². The van der Waals surface area contributed by atoms with Gasteiger partial charge < -0.3 is 10.4 Å². The molecule has 0 radical (unpaired) electrons. The fourth-order valence-corrected chi connectivity index (χ4v) is 3.14. The maximum Gasteiger partial charge on any atom is 0.336 e. The molecular weight excluding hydrogens is 286 g/mol. The van der Waals surface area contributed by atoms with E-state index in [4.69, 9.17) is 5.11 Å². The number of nitrogens with one attached hydrogen (secondary N) is 1. The Bertz CT molecular complexity index is 663. The molecule has 1 aromatic carbocycles. The average Bonchev–Trinajstić information content (AvgIpc) is 2.83. The van der Waals surface area contributed by atoms with Gasteiger partial charge in [0.05, 0.1) is 11.1 Å². The molecule has 0 fully saturated rings.